The molecule has 0 fully saturated rings. The van der Waals surface area contributed by atoms with Crippen LogP contribution < -0.4 is 0 Å². The largest absolute Gasteiger partial charge is 0.463 e. The van der Waals surface area contributed by atoms with Crippen LogP contribution in [0.4, 0.5) is 0 Å². The molecule has 4 rings (SSSR count). The number of thiophene rings is 1. The van der Waals surface area contributed by atoms with Crippen LogP contribution in [0.2, 0.25) is 0 Å². The predicted octanol–water partition coefficient (Wildman–Crippen LogP) is 3.69. The second kappa shape index (κ2) is 5.51. The number of carbonyl (C=O) groups is 1. The van der Waals surface area contributed by atoms with Crippen molar-refractivity contribution in [3.63, 3.8) is 0 Å². The van der Waals surface area contributed by atoms with Gasteiger partial charge in [0, 0.05) is 22.8 Å². The minimum atomic E-state index is -0.913. The van der Waals surface area contributed by atoms with Crippen molar-refractivity contribution in [2.75, 3.05) is 7.11 Å². The van der Waals surface area contributed by atoms with Gasteiger partial charge in [-0.25, -0.2) is 4.79 Å². The number of allylic oxidation sites excluding steroid dienone is 1. The maximum Gasteiger partial charge on any atom is 0.373 e. The summed E-state index contributed by atoms with van der Waals surface area (Å²) in [6.45, 7) is 0.488. The van der Waals surface area contributed by atoms with Gasteiger partial charge < -0.3 is 14.2 Å². The lowest BCUT2D eigenvalue weighted by Gasteiger charge is -2.36. The molecule has 2 atom stereocenters. The number of fused-ring (bicyclic) bond motifs is 2. The average Bonchev–Trinajstić information content (AvgIpc) is 3.24. The van der Waals surface area contributed by atoms with Crippen molar-refractivity contribution in [3.05, 3.63) is 69.6 Å². The molecule has 0 amide bonds. The normalized spacial score (nSPS) is 25.6. The lowest BCUT2D eigenvalue weighted by molar-refractivity contribution is -0.231. The molecule has 2 aliphatic rings. The van der Waals surface area contributed by atoms with E-state index in [-0.39, 0.29) is 11.7 Å². The molecule has 0 bridgehead atoms. The van der Waals surface area contributed by atoms with Crippen molar-refractivity contribution in [3.8, 4) is 0 Å². The van der Waals surface area contributed by atoms with Gasteiger partial charge in [0.1, 0.15) is 0 Å². The summed E-state index contributed by atoms with van der Waals surface area (Å²) in [7, 11) is 1.36. The lowest BCUT2D eigenvalue weighted by Crippen LogP contribution is -2.35. The highest BCUT2D eigenvalue weighted by Gasteiger charge is 2.48. The summed E-state index contributed by atoms with van der Waals surface area (Å²) in [6, 6.07) is 12.1. The van der Waals surface area contributed by atoms with Crippen molar-refractivity contribution >= 4 is 17.3 Å². The van der Waals surface area contributed by atoms with E-state index in [4.69, 9.17) is 14.2 Å². The summed E-state index contributed by atoms with van der Waals surface area (Å²) in [5, 5.41) is 2.03. The number of methoxy groups -OCH3 is 1. The third-order valence-electron chi connectivity index (χ3n) is 4.30. The molecule has 5 heteroatoms. The van der Waals surface area contributed by atoms with E-state index in [9.17, 15) is 4.79 Å². The first-order valence-corrected chi connectivity index (χ1v) is 8.35. The highest BCUT2D eigenvalue weighted by atomic mass is 32.1. The molecular formula is C18H16O4S. The number of esters is 1. The first-order valence-electron chi connectivity index (χ1n) is 7.47. The molecule has 4 nitrogen and oxygen atoms in total. The summed E-state index contributed by atoms with van der Waals surface area (Å²) in [6.07, 6.45) is 2.48. The Labute approximate surface area is 138 Å². The second-order valence-corrected chi connectivity index (χ2v) is 6.63. The van der Waals surface area contributed by atoms with Gasteiger partial charge in [-0.3, -0.25) is 0 Å². The zero-order valence-electron chi connectivity index (χ0n) is 12.7. The van der Waals surface area contributed by atoms with Crippen LogP contribution in [0.1, 0.15) is 28.3 Å². The number of hydrogen-bond donors (Lipinski definition) is 0. The molecule has 0 saturated heterocycles. The minimum absolute atomic E-state index is 0.0593. The van der Waals surface area contributed by atoms with Crippen LogP contribution in [0, 0.1) is 0 Å². The monoisotopic (exact) mass is 328 g/mol. The maximum atomic E-state index is 12.1. The van der Waals surface area contributed by atoms with Gasteiger partial charge in [0.2, 0.25) is 11.5 Å². The Morgan fingerprint density at radius 2 is 2.17 bits per heavy atom. The minimum Gasteiger partial charge on any atom is -0.463 e. The van der Waals surface area contributed by atoms with Crippen LogP contribution in [0.15, 0.2) is 53.6 Å². The zero-order valence-corrected chi connectivity index (χ0v) is 13.5. The number of rotatable bonds is 2. The van der Waals surface area contributed by atoms with Crippen LogP contribution in [-0.2, 0) is 31.4 Å². The van der Waals surface area contributed by atoms with E-state index in [1.54, 1.807) is 11.3 Å². The van der Waals surface area contributed by atoms with E-state index in [1.807, 2.05) is 41.8 Å². The van der Waals surface area contributed by atoms with Crippen molar-refractivity contribution in [1.82, 2.24) is 0 Å². The number of benzene rings is 1. The van der Waals surface area contributed by atoms with Crippen molar-refractivity contribution in [2.24, 2.45) is 0 Å². The van der Waals surface area contributed by atoms with Crippen LogP contribution in [0.5, 0.6) is 0 Å². The Kier molecular flexibility index (Phi) is 3.47. The molecule has 0 unspecified atom stereocenters. The summed E-state index contributed by atoms with van der Waals surface area (Å²) >= 11 is 1.67. The van der Waals surface area contributed by atoms with Gasteiger partial charge in [-0.05, 0) is 23.1 Å². The van der Waals surface area contributed by atoms with E-state index < -0.39 is 11.8 Å². The fraction of sp³-hybridized carbons (Fsp3) is 0.278. The molecule has 0 radical (unpaired) electrons. The molecule has 0 aliphatic carbocycles. The predicted molar refractivity (Wildman–Crippen MR) is 85.8 cm³/mol. The fourth-order valence-electron chi connectivity index (χ4n) is 3.22. The average molecular weight is 328 g/mol. The van der Waals surface area contributed by atoms with Gasteiger partial charge >= 0.3 is 5.97 Å². The third-order valence-corrected chi connectivity index (χ3v) is 5.30. The maximum absolute atomic E-state index is 12.1. The quantitative estimate of drug-likeness (QED) is 0.789. The lowest BCUT2D eigenvalue weighted by atomic mass is 9.89. The molecule has 2 aliphatic heterocycles. The Morgan fingerprint density at radius 3 is 2.96 bits per heavy atom. The fourth-order valence-corrected chi connectivity index (χ4v) is 4.02. The molecule has 3 heterocycles. The first-order chi connectivity index (χ1) is 11.2. The molecule has 1 aromatic carbocycles. The summed E-state index contributed by atoms with van der Waals surface area (Å²) in [4.78, 5) is 13.2. The van der Waals surface area contributed by atoms with Crippen molar-refractivity contribution < 1.29 is 19.0 Å². The van der Waals surface area contributed by atoms with E-state index in [0.717, 1.165) is 11.1 Å². The van der Waals surface area contributed by atoms with Gasteiger partial charge in [0.15, 0.2) is 0 Å². The summed E-state index contributed by atoms with van der Waals surface area (Å²) < 4.78 is 16.9. The zero-order chi connectivity index (χ0) is 15.9. The second-order valence-electron chi connectivity index (χ2n) is 5.65. The number of ether oxygens (including phenoxy) is 3. The molecule has 23 heavy (non-hydrogen) atoms. The Morgan fingerprint density at radius 1 is 1.30 bits per heavy atom. The summed E-state index contributed by atoms with van der Waals surface area (Å²) in [5.74, 6) is -1.11. The Hall–Kier alpha value is -2.11. The standard InChI is InChI=1S/C18H16O4S/c1-20-17(19)15-9-13(16-7-4-8-23-16)10-18(22-15)14-6-3-2-5-12(14)11-21-18/h2-9,13H,10-11H2,1H3/t13-,18-/m0/s1. The molecule has 118 valence electrons. The van der Waals surface area contributed by atoms with E-state index in [2.05, 4.69) is 6.07 Å². The van der Waals surface area contributed by atoms with Gasteiger partial charge in [-0.1, -0.05) is 30.3 Å². The molecule has 1 spiro atoms. The third kappa shape index (κ3) is 2.36. The van der Waals surface area contributed by atoms with Crippen molar-refractivity contribution in [1.29, 1.82) is 0 Å². The molecule has 0 saturated carbocycles. The highest BCUT2D eigenvalue weighted by molar-refractivity contribution is 7.10. The molecule has 0 N–H and O–H groups in total. The van der Waals surface area contributed by atoms with Gasteiger partial charge in [0.25, 0.3) is 0 Å². The van der Waals surface area contributed by atoms with Gasteiger partial charge in [-0.15, -0.1) is 11.3 Å². The molecular weight excluding hydrogens is 312 g/mol. The Bertz CT molecular complexity index is 765. The first kappa shape index (κ1) is 14.5. The molecule has 2 aromatic rings. The van der Waals surface area contributed by atoms with E-state index in [0.29, 0.717) is 13.0 Å². The highest BCUT2D eigenvalue weighted by Crippen LogP contribution is 2.49. The Balaban J connectivity index is 1.79. The van der Waals surface area contributed by atoms with Crippen molar-refractivity contribution in [2.45, 2.75) is 24.7 Å². The summed E-state index contributed by atoms with van der Waals surface area (Å²) in [5.41, 5.74) is 2.10. The van der Waals surface area contributed by atoms with Crippen LogP contribution >= 0.6 is 11.3 Å². The topological polar surface area (TPSA) is 44.8 Å². The van der Waals surface area contributed by atoms with Crippen LogP contribution in [0.25, 0.3) is 0 Å². The van der Waals surface area contributed by atoms with Gasteiger partial charge in [-0.2, -0.15) is 0 Å². The van der Waals surface area contributed by atoms with Gasteiger partial charge in [0.05, 0.1) is 13.7 Å². The van der Waals surface area contributed by atoms with Crippen LogP contribution in [0.3, 0.4) is 0 Å². The smallest absolute Gasteiger partial charge is 0.373 e. The SMILES string of the molecule is COC(=O)C1=C[C@H](c2cccs2)C[C@]2(OCc3ccccc32)O1. The van der Waals surface area contributed by atoms with E-state index >= 15 is 0 Å². The van der Waals surface area contributed by atoms with Crippen LogP contribution in [-0.4, -0.2) is 13.1 Å². The van der Waals surface area contributed by atoms with E-state index in [1.165, 1.54) is 12.0 Å². The number of hydrogen-bond acceptors (Lipinski definition) is 5. The molecule has 1 aromatic heterocycles. The number of carbonyl (C=O) groups excluding carboxylic acids is 1.